The highest BCUT2D eigenvalue weighted by Crippen LogP contribution is 2.26. The van der Waals surface area contributed by atoms with Crippen LogP contribution >= 0.6 is 15.9 Å². The number of hydrogen-bond donors (Lipinski definition) is 1. The smallest absolute Gasteiger partial charge is 0.224 e. The monoisotopic (exact) mass is 298 g/mol. The fraction of sp³-hybridized carbons (Fsp3) is 0.667. The fourth-order valence-corrected chi connectivity index (χ4v) is 2.55. The van der Waals surface area contributed by atoms with E-state index in [2.05, 4.69) is 43.0 Å². The van der Waals surface area contributed by atoms with Gasteiger partial charge in [-0.05, 0) is 35.7 Å². The molecule has 1 aliphatic heterocycles. The van der Waals surface area contributed by atoms with Gasteiger partial charge < -0.3 is 10.2 Å². The standard InChI is InChI=1S/C12H19BrN4/c1-2-14-12-15-9-10(13)11(16-12)17-7-5-3-4-6-8-17/h9H,2-8H2,1H3,(H,14,15,16). The Bertz CT molecular complexity index is 362. The molecule has 1 aliphatic rings. The summed E-state index contributed by atoms with van der Waals surface area (Å²) >= 11 is 3.55. The van der Waals surface area contributed by atoms with Crippen LogP contribution in [0.1, 0.15) is 32.6 Å². The molecule has 5 heteroatoms. The van der Waals surface area contributed by atoms with Gasteiger partial charge in [0.15, 0.2) is 0 Å². The van der Waals surface area contributed by atoms with Crippen LogP contribution in [0.4, 0.5) is 11.8 Å². The average Bonchev–Trinajstić information content (AvgIpc) is 2.60. The predicted molar refractivity (Wildman–Crippen MR) is 74.6 cm³/mol. The third-order valence-electron chi connectivity index (χ3n) is 2.97. The summed E-state index contributed by atoms with van der Waals surface area (Å²) in [6.45, 7) is 5.10. The molecular formula is C12H19BrN4. The fourth-order valence-electron chi connectivity index (χ4n) is 2.11. The largest absolute Gasteiger partial charge is 0.356 e. The summed E-state index contributed by atoms with van der Waals surface area (Å²) in [7, 11) is 0. The minimum Gasteiger partial charge on any atom is -0.356 e. The zero-order valence-corrected chi connectivity index (χ0v) is 11.8. The second kappa shape index (κ2) is 6.19. The van der Waals surface area contributed by atoms with E-state index in [1.807, 2.05) is 6.20 Å². The molecule has 0 saturated carbocycles. The van der Waals surface area contributed by atoms with Crippen molar-refractivity contribution >= 4 is 27.7 Å². The minimum absolute atomic E-state index is 0.718. The summed E-state index contributed by atoms with van der Waals surface area (Å²) in [4.78, 5) is 11.2. The molecule has 1 saturated heterocycles. The van der Waals surface area contributed by atoms with E-state index in [1.54, 1.807) is 0 Å². The summed E-state index contributed by atoms with van der Waals surface area (Å²) in [5, 5.41) is 3.16. The molecule has 17 heavy (non-hydrogen) atoms. The van der Waals surface area contributed by atoms with E-state index >= 15 is 0 Å². The molecule has 1 aromatic heterocycles. The van der Waals surface area contributed by atoms with E-state index in [4.69, 9.17) is 0 Å². The molecule has 1 fully saturated rings. The molecule has 2 rings (SSSR count). The summed E-state index contributed by atoms with van der Waals surface area (Å²) in [6.07, 6.45) is 7.02. The first-order valence-electron chi connectivity index (χ1n) is 6.32. The van der Waals surface area contributed by atoms with Crippen LogP contribution in [0.15, 0.2) is 10.7 Å². The molecule has 0 spiro atoms. The van der Waals surface area contributed by atoms with E-state index in [0.29, 0.717) is 0 Å². The second-order valence-corrected chi connectivity index (χ2v) is 5.15. The number of nitrogens with one attached hydrogen (secondary N) is 1. The van der Waals surface area contributed by atoms with E-state index < -0.39 is 0 Å². The quantitative estimate of drug-likeness (QED) is 0.931. The lowest BCUT2D eigenvalue weighted by Crippen LogP contribution is -2.25. The van der Waals surface area contributed by atoms with E-state index in [-0.39, 0.29) is 0 Å². The molecule has 4 nitrogen and oxygen atoms in total. The van der Waals surface area contributed by atoms with Crippen molar-refractivity contribution < 1.29 is 0 Å². The zero-order valence-electron chi connectivity index (χ0n) is 10.2. The molecule has 0 unspecified atom stereocenters. The molecule has 0 aromatic carbocycles. The lowest BCUT2D eigenvalue weighted by molar-refractivity contribution is 0.726. The van der Waals surface area contributed by atoms with Gasteiger partial charge in [0.1, 0.15) is 5.82 Å². The number of aromatic nitrogens is 2. The zero-order chi connectivity index (χ0) is 12.1. The van der Waals surface area contributed by atoms with Crippen LogP contribution in [0, 0.1) is 0 Å². The Balaban J connectivity index is 2.19. The Morgan fingerprint density at radius 3 is 2.65 bits per heavy atom. The van der Waals surface area contributed by atoms with Crippen molar-refractivity contribution in [2.75, 3.05) is 29.9 Å². The minimum atomic E-state index is 0.718. The molecule has 0 aliphatic carbocycles. The van der Waals surface area contributed by atoms with Crippen LogP contribution in [-0.2, 0) is 0 Å². The molecule has 2 heterocycles. The molecular weight excluding hydrogens is 280 g/mol. The highest BCUT2D eigenvalue weighted by Gasteiger charge is 2.15. The van der Waals surface area contributed by atoms with Gasteiger partial charge in [0.25, 0.3) is 0 Å². The number of nitrogens with zero attached hydrogens (tertiary/aromatic N) is 3. The maximum Gasteiger partial charge on any atom is 0.224 e. The summed E-state index contributed by atoms with van der Waals surface area (Å²) in [5.41, 5.74) is 0. The van der Waals surface area contributed by atoms with Gasteiger partial charge in [-0.2, -0.15) is 4.98 Å². The SMILES string of the molecule is CCNc1ncc(Br)c(N2CCCCCC2)n1. The van der Waals surface area contributed by atoms with E-state index in [0.717, 1.165) is 35.9 Å². The highest BCUT2D eigenvalue weighted by atomic mass is 79.9. The lowest BCUT2D eigenvalue weighted by atomic mass is 10.2. The van der Waals surface area contributed by atoms with Crippen LogP contribution in [0.2, 0.25) is 0 Å². The first-order valence-corrected chi connectivity index (χ1v) is 7.12. The number of rotatable bonds is 3. The predicted octanol–water partition coefficient (Wildman–Crippen LogP) is 3.05. The van der Waals surface area contributed by atoms with Crippen LogP contribution < -0.4 is 10.2 Å². The van der Waals surface area contributed by atoms with Gasteiger partial charge in [-0.3, -0.25) is 0 Å². The van der Waals surface area contributed by atoms with Crippen molar-refractivity contribution in [3.63, 3.8) is 0 Å². The van der Waals surface area contributed by atoms with Gasteiger partial charge in [-0.25, -0.2) is 4.98 Å². The highest BCUT2D eigenvalue weighted by molar-refractivity contribution is 9.10. The number of halogens is 1. The number of hydrogen-bond acceptors (Lipinski definition) is 4. The third kappa shape index (κ3) is 3.31. The Morgan fingerprint density at radius 1 is 1.29 bits per heavy atom. The van der Waals surface area contributed by atoms with Crippen molar-refractivity contribution in [2.24, 2.45) is 0 Å². The maximum atomic E-state index is 4.58. The Morgan fingerprint density at radius 2 is 2.00 bits per heavy atom. The first kappa shape index (κ1) is 12.6. The Labute approximate surface area is 111 Å². The molecule has 0 amide bonds. The molecule has 1 N–H and O–H groups in total. The lowest BCUT2D eigenvalue weighted by Gasteiger charge is -2.22. The van der Waals surface area contributed by atoms with Crippen molar-refractivity contribution in [3.8, 4) is 0 Å². The summed E-state index contributed by atoms with van der Waals surface area (Å²) in [6, 6.07) is 0. The topological polar surface area (TPSA) is 41.1 Å². The van der Waals surface area contributed by atoms with Gasteiger partial charge in [0.2, 0.25) is 5.95 Å². The van der Waals surface area contributed by atoms with Crippen molar-refractivity contribution in [2.45, 2.75) is 32.6 Å². The molecule has 94 valence electrons. The van der Waals surface area contributed by atoms with Crippen molar-refractivity contribution in [3.05, 3.63) is 10.7 Å². The van der Waals surface area contributed by atoms with Gasteiger partial charge in [-0.15, -0.1) is 0 Å². The van der Waals surface area contributed by atoms with Crippen LogP contribution in [0.3, 0.4) is 0 Å². The normalized spacial score (nSPS) is 16.7. The maximum absolute atomic E-state index is 4.58. The Hall–Kier alpha value is -0.840. The van der Waals surface area contributed by atoms with Gasteiger partial charge in [0, 0.05) is 25.8 Å². The number of anilines is 2. The van der Waals surface area contributed by atoms with Crippen LogP contribution in [0.25, 0.3) is 0 Å². The molecule has 1 aromatic rings. The van der Waals surface area contributed by atoms with Gasteiger partial charge >= 0.3 is 0 Å². The molecule has 0 bridgehead atoms. The first-order chi connectivity index (χ1) is 8.31. The molecule has 0 radical (unpaired) electrons. The average molecular weight is 299 g/mol. The Kier molecular flexibility index (Phi) is 4.59. The van der Waals surface area contributed by atoms with Gasteiger partial charge in [-0.1, -0.05) is 12.8 Å². The second-order valence-electron chi connectivity index (χ2n) is 4.30. The summed E-state index contributed by atoms with van der Waals surface area (Å²) in [5.74, 6) is 1.74. The van der Waals surface area contributed by atoms with Crippen LogP contribution in [-0.4, -0.2) is 29.6 Å². The van der Waals surface area contributed by atoms with Crippen LogP contribution in [0.5, 0.6) is 0 Å². The van der Waals surface area contributed by atoms with Gasteiger partial charge in [0.05, 0.1) is 4.47 Å². The summed E-state index contributed by atoms with van der Waals surface area (Å²) < 4.78 is 0.987. The van der Waals surface area contributed by atoms with E-state index in [9.17, 15) is 0 Å². The van der Waals surface area contributed by atoms with E-state index in [1.165, 1.54) is 25.7 Å². The van der Waals surface area contributed by atoms with Crippen molar-refractivity contribution in [1.82, 2.24) is 9.97 Å². The van der Waals surface area contributed by atoms with Crippen molar-refractivity contribution in [1.29, 1.82) is 0 Å². The molecule has 0 atom stereocenters. The third-order valence-corrected chi connectivity index (χ3v) is 3.53.